The molecule has 4 rings (SSSR count). The van der Waals surface area contributed by atoms with Crippen LogP contribution in [0, 0.1) is 6.92 Å². The second-order valence-corrected chi connectivity index (χ2v) is 9.24. The minimum atomic E-state index is -0.140. The van der Waals surface area contributed by atoms with E-state index in [1.807, 2.05) is 24.0 Å². The molecule has 0 radical (unpaired) electrons. The summed E-state index contributed by atoms with van der Waals surface area (Å²) in [6.45, 7) is 7.79. The van der Waals surface area contributed by atoms with Crippen molar-refractivity contribution in [2.45, 2.75) is 39.2 Å². The van der Waals surface area contributed by atoms with Gasteiger partial charge in [-0.1, -0.05) is 48.0 Å². The zero-order valence-electron chi connectivity index (χ0n) is 19.6. The first-order chi connectivity index (χ1) is 15.9. The molecule has 2 aliphatic rings. The number of amides is 2. The van der Waals surface area contributed by atoms with E-state index in [9.17, 15) is 14.4 Å². The van der Waals surface area contributed by atoms with Gasteiger partial charge >= 0.3 is 0 Å². The third-order valence-corrected chi connectivity index (χ3v) is 6.86. The first kappa shape index (κ1) is 23.2. The van der Waals surface area contributed by atoms with E-state index in [0.717, 1.165) is 24.9 Å². The molecular formula is C27H33N3O3. The number of rotatable bonds is 5. The van der Waals surface area contributed by atoms with Crippen LogP contribution in [0.5, 0.6) is 0 Å². The molecule has 2 aliphatic heterocycles. The molecule has 6 nitrogen and oxygen atoms in total. The summed E-state index contributed by atoms with van der Waals surface area (Å²) in [7, 11) is 0. The SMILES string of the molecule is Cc1ccc(C(=O)c2ccccc2C(=O)N2CCN(CC(=O)N3CCCC[C@@H]3C)CC2)cc1. The van der Waals surface area contributed by atoms with Gasteiger partial charge in [-0.15, -0.1) is 0 Å². The number of benzene rings is 2. The molecule has 2 saturated heterocycles. The van der Waals surface area contributed by atoms with E-state index >= 15 is 0 Å². The van der Waals surface area contributed by atoms with Gasteiger partial charge in [0.05, 0.1) is 12.1 Å². The highest BCUT2D eigenvalue weighted by Crippen LogP contribution is 2.19. The van der Waals surface area contributed by atoms with Crippen LogP contribution in [0.2, 0.25) is 0 Å². The summed E-state index contributed by atoms with van der Waals surface area (Å²) in [5, 5.41) is 0. The number of carbonyl (C=O) groups excluding carboxylic acids is 3. The highest BCUT2D eigenvalue weighted by Gasteiger charge is 2.29. The minimum Gasteiger partial charge on any atom is -0.339 e. The van der Waals surface area contributed by atoms with E-state index in [-0.39, 0.29) is 17.6 Å². The molecule has 0 saturated carbocycles. The molecule has 0 bridgehead atoms. The van der Waals surface area contributed by atoms with Gasteiger partial charge in [0.15, 0.2) is 5.78 Å². The molecule has 2 aromatic rings. The Morgan fingerprint density at radius 2 is 1.52 bits per heavy atom. The van der Waals surface area contributed by atoms with Crippen LogP contribution in [0.25, 0.3) is 0 Å². The number of piperazine rings is 1. The average Bonchev–Trinajstić information content (AvgIpc) is 2.84. The fourth-order valence-electron chi connectivity index (χ4n) is 4.76. The highest BCUT2D eigenvalue weighted by molar-refractivity contribution is 6.15. The molecule has 0 aromatic heterocycles. The van der Waals surface area contributed by atoms with Gasteiger partial charge in [-0.3, -0.25) is 19.3 Å². The predicted octanol–water partition coefficient (Wildman–Crippen LogP) is 3.38. The van der Waals surface area contributed by atoms with Gasteiger partial charge in [0, 0.05) is 49.9 Å². The zero-order chi connectivity index (χ0) is 23.4. The van der Waals surface area contributed by atoms with Crippen molar-refractivity contribution < 1.29 is 14.4 Å². The molecule has 174 valence electrons. The third kappa shape index (κ3) is 5.33. The summed E-state index contributed by atoms with van der Waals surface area (Å²) in [6.07, 6.45) is 3.35. The Morgan fingerprint density at radius 1 is 0.848 bits per heavy atom. The Bertz CT molecular complexity index is 1010. The molecule has 2 fully saturated rings. The molecule has 2 amide bonds. The van der Waals surface area contributed by atoms with Crippen LogP contribution < -0.4 is 0 Å². The van der Waals surface area contributed by atoms with E-state index < -0.39 is 0 Å². The normalized spacial score (nSPS) is 19.4. The van der Waals surface area contributed by atoms with Gasteiger partial charge in [-0.25, -0.2) is 0 Å². The number of nitrogens with zero attached hydrogens (tertiary/aromatic N) is 3. The smallest absolute Gasteiger partial charge is 0.254 e. The number of likely N-dealkylation sites (tertiary alicyclic amines) is 1. The molecule has 0 spiro atoms. The van der Waals surface area contributed by atoms with E-state index in [0.29, 0.717) is 55.5 Å². The maximum Gasteiger partial charge on any atom is 0.254 e. The Balaban J connectivity index is 1.38. The van der Waals surface area contributed by atoms with E-state index in [2.05, 4.69) is 11.8 Å². The lowest BCUT2D eigenvalue weighted by Crippen LogP contribution is -2.53. The molecule has 0 N–H and O–H groups in total. The van der Waals surface area contributed by atoms with E-state index in [1.54, 1.807) is 41.3 Å². The van der Waals surface area contributed by atoms with Crippen LogP contribution in [0.3, 0.4) is 0 Å². The highest BCUT2D eigenvalue weighted by atomic mass is 16.2. The van der Waals surface area contributed by atoms with Crippen LogP contribution in [-0.4, -0.2) is 77.6 Å². The van der Waals surface area contributed by atoms with Gasteiger partial charge in [-0.05, 0) is 39.2 Å². The lowest BCUT2D eigenvalue weighted by atomic mass is 9.97. The van der Waals surface area contributed by atoms with Gasteiger partial charge in [0.1, 0.15) is 0 Å². The van der Waals surface area contributed by atoms with Crippen LogP contribution >= 0.6 is 0 Å². The molecule has 0 unspecified atom stereocenters. The molecular weight excluding hydrogens is 414 g/mol. The lowest BCUT2D eigenvalue weighted by molar-refractivity contribution is -0.136. The predicted molar refractivity (Wildman–Crippen MR) is 128 cm³/mol. The number of aryl methyl sites for hydroxylation is 1. The first-order valence-corrected chi connectivity index (χ1v) is 12.0. The quantitative estimate of drug-likeness (QED) is 0.660. The molecule has 2 heterocycles. The molecule has 6 heteroatoms. The number of hydrogen-bond acceptors (Lipinski definition) is 4. The molecule has 0 aliphatic carbocycles. The summed E-state index contributed by atoms with van der Waals surface area (Å²) in [5.74, 6) is -0.0726. The average molecular weight is 448 g/mol. The van der Waals surface area contributed by atoms with E-state index in [4.69, 9.17) is 0 Å². The van der Waals surface area contributed by atoms with Crippen molar-refractivity contribution in [3.05, 3.63) is 70.8 Å². The van der Waals surface area contributed by atoms with Crippen molar-refractivity contribution in [3.8, 4) is 0 Å². The summed E-state index contributed by atoms with van der Waals surface area (Å²) in [6, 6.07) is 14.8. The first-order valence-electron chi connectivity index (χ1n) is 12.0. The number of piperidine rings is 1. The zero-order valence-corrected chi connectivity index (χ0v) is 19.6. The van der Waals surface area contributed by atoms with Crippen molar-refractivity contribution >= 4 is 17.6 Å². The number of carbonyl (C=O) groups is 3. The monoisotopic (exact) mass is 447 g/mol. The second-order valence-electron chi connectivity index (χ2n) is 9.24. The number of ketones is 1. The second kappa shape index (κ2) is 10.3. The van der Waals surface area contributed by atoms with E-state index in [1.165, 1.54) is 6.42 Å². The van der Waals surface area contributed by atoms with Gasteiger partial charge in [-0.2, -0.15) is 0 Å². The Morgan fingerprint density at radius 3 is 2.18 bits per heavy atom. The topological polar surface area (TPSA) is 60.9 Å². The standard InChI is InChI=1S/C27H33N3O3/c1-20-10-12-22(13-11-20)26(32)23-8-3-4-9-24(23)27(33)29-17-15-28(16-18-29)19-25(31)30-14-6-5-7-21(30)2/h3-4,8-13,21H,5-7,14-19H2,1-2H3/t21-/m0/s1. The molecule has 1 atom stereocenters. The van der Waals surface area contributed by atoms with Crippen LogP contribution in [0.1, 0.15) is 58.0 Å². The fraction of sp³-hybridized carbons (Fsp3) is 0.444. The Hall–Kier alpha value is -2.99. The largest absolute Gasteiger partial charge is 0.339 e. The Labute approximate surface area is 196 Å². The number of hydrogen-bond donors (Lipinski definition) is 0. The summed E-state index contributed by atoms with van der Waals surface area (Å²) in [4.78, 5) is 45.1. The Kier molecular flexibility index (Phi) is 7.23. The summed E-state index contributed by atoms with van der Waals surface area (Å²) < 4.78 is 0. The van der Waals surface area contributed by atoms with Gasteiger partial charge < -0.3 is 9.80 Å². The van der Waals surface area contributed by atoms with Gasteiger partial charge in [0.2, 0.25) is 5.91 Å². The van der Waals surface area contributed by atoms with Crippen LogP contribution in [-0.2, 0) is 4.79 Å². The summed E-state index contributed by atoms with van der Waals surface area (Å²) in [5.41, 5.74) is 2.54. The summed E-state index contributed by atoms with van der Waals surface area (Å²) >= 11 is 0. The molecule has 2 aromatic carbocycles. The lowest BCUT2D eigenvalue weighted by Gasteiger charge is -2.38. The molecule has 33 heavy (non-hydrogen) atoms. The maximum absolute atomic E-state index is 13.3. The van der Waals surface area contributed by atoms with Crippen LogP contribution in [0.4, 0.5) is 0 Å². The van der Waals surface area contributed by atoms with Gasteiger partial charge in [0.25, 0.3) is 5.91 Å². The van der Waals surface area contributed by atoms with Crippen molar-refractivity contribution in [3.63, 3.8) is 0 Å². The van der Waals surface area contributed by atoms with Crippen molar-refractivity contribution in [2.75, 3.05) is 39.3 Å². The van der Waals surface area contributed by atoms with Crippen LogP contribution in [0.15, 0.2) is 48.5 Å². The minimum absolute atomic E-state index is 0.123. The van der Waals surface area contributed by atoms with Crippen molar-refractivity contribution in [2.24, 2.45) is 0 Å². The van der Waals surface area contributed by atoms with Crippen molar-refractivity contribution in [1.29, 1.82) is 0 Å². The third-order valence-electron chi connectivity index (χ3n) is 6.86. The fourth-order valence-corrected chi connectivity index (χ4v) is 4.76. The van der Waals surface area contributed by atoms with Crippen molar-refractivity contribution in [1.82, 2.24) is 14.7 Å². The maximum atomic E-state index is 13.3.